The Balaban J connectivity index is 2.43. The highest BCUT2D eigenvalue weighted by Crippen LogP contribution is 2.20. The summed E-state index contributed by atoms with van der Waals surface area (Å²) in [5, 5.41) is 12.0. The van der Waals surface area contributed by atoms with Crippen molar-refractivity contribution >= 4 is 12.0 Å². The van der Waals surface area contributed by atoms with Crippen molar-refractivity contribution in [3.05, 3.63) is 41.2 Å². The molecule has 3 nitrogen and oxygen atoms in total. The van der Waals surface area contributed by atoms with Crippen molar-refractivity contribution in [1.29, 1.82) is 0 Å². The van der Waals surface area contributed by atoms with E-state index in [9.17, 15) is 9.18 Å². The summed E-state index contributed by atoms with van der Waals surface area (Å²) in [7, 11) is 0. The molecule has 0 aliphatic heterocycles. The fourth-order valence-electron chi connectivity index (χ4n) is 1.86. The minimum absolute atomic E-state index is 0.107. The molecule has 1 aromatic carbocycles. The zero-order valence-electron chi connectivity index (χ0n) is 12.9. The topological polar surface area (TPSA) is 49.3 Å². The smallest absolute Gasteiger partial charge is 0.246 e. The van der Waals surface area contributed by atoms with E-state index < -0.39 is 0 Å². The van der Waals surface area contributed by atoms with Crippen LogP contribution in [0.2, 0.25) is 0 Å². The van der Waals surface area contributed by atoms with E-state index in [0.29, 0.717) is 12.1 Å². The SMILES string of the molecule is C/C(=C/c1ccc(F)cc1)C(=O)NCCCC(C)(C)CO. The fraction of sp³-hybridized carbons (Fsp3) is 0.471. The molecule has 0 fully saturated rings. The lowest BCUT2D eigenvalue weighted by Gasteiger charge is -2.21. The number of aliphatic hydroxyl groups excluding tert-OH is 1. The largest absolute Gasteiger partial charge is 0.396 e. The second-order valence-corrected chi connectivity index (χ2v) is 6.06. The molecule has 0 atom stereocenters. The monoisotopic (exact) mass is 293 g/mol. The van der Waals surface area contributed by atoms with Gasteiger partial charge in [-0.25, -0.2) is 4.39 Å². The minimum Gasteiger partial charge on any atom is -0.396 e. The molecule has 2 N–H and O–H groups in total. The van der Waals surface area contributed by atoms with Crippen LogP contribution in [0, 0.1) is 11.2 Å². The van der Waals surface area contributed by atoms with Gasteiger partial charge in [0.1, 0.15) is 5.82 Å². The minimum atomic E-state index is -0.291. The summed E-state index contributed by atoms with van der Waals surface area (Å²) >= 11 is 0. The van der Waals surface area contributed by atoms with Gasteiger partial charge in [-0.05, 0) is 49.0 Å². The summed E-state index contributed by atoms with van der Waals surface area (Å²) in [5.41, 5.74) is 1.28. The molecule has 0 unspecified atom stereocenters. The predicted octanol–water partition coefficient (Wildman–Crippen LogP) is 3.14. The van der Waals surface area contributed by atoms with Gasteiger partial charge < -0.3 is 10.4 Å². The van der Waals surface area contributed by atoms with E-state index in [1.54, 1.807) is 25.1 Å². The van der Waals surface area contributed by atoms with Gasteiger partial charge in [-0.3, -0.25) is 4.79 Å². The summed E-state index contributed by atoms with van der Waals surface area (Å²) in [6.07, 6.45) is 3.40. The zero-order chi connectivity index (χ0) is 15.9. The molecule has 21 heavy (non-hydrogen) atoms. The maximum absolute atomic E-state index is 12.8. The van der Waals surface area contributed by atoms with Crippen molar-refractivity contribution in [2.75, 3.05) is 13.2 Å². The van der Waals surface area contributed by atoms with Crippen molar-refractivity contribution < 1.29 is 14.3 Å². The Bertz CT molecular complexity index is 492. The third-order valence-electron chi connectivity index (χ3n) is 3.36. The number of carbonyl (C=O) groups is 1. The first kappa shape index (κ1) is 17.4. The van der Waals surface area contributed by atoms with Crippen molar-refractivity contribution in [3.8, 4) is 0 Å². The summed E-state index contributed by atoms with van der Waals surface area (Å²) < 4.78 is 12.8. The first-order valence-corrected chi connectivity index (χ1v) is 7.17. The summed E-state index contributed by atoms with van der Waals surface area (Å²) in [6.45, 7) is 6.45. The third kappa shape index (κ3) is 6.54. The summed E-state index contributed by atoms with van der Waals surface area (Å²) in [6, 6.07) is 6.01. The lowest BCUT2D eigenvalue weighted by atomic mass is 9.89. The normalized spacial score (nSPS) is 12.3. The van der Waals surface area contributed by atoms with E-state index in [-0.39, 0.29) is 23.7 Å². The Labute approximate surface area is 125 Å². The lowest BCUT2D eigenvalue weighted by molar-refractivity contribution is -0.117. The van der Waals surface area contributed by atoms with Crippen LogP contribution >= 0.6 is 0 Å². The molecular formula is C17H24FNO2. The Morgan fingerprint density at radius 3 is 2.52 bits per heavy atom. The van der Waals surface area contributed by atoms with Gasteiger partial charge in [-0.15, -0.1) is 0 Å². The van der Waals surface area contributed by atoms with E-state index in [4.69, 9.17) is 5.11 Å². The number of rotatable bonds is 7. The first-order valence-electron chi connectivity index (χ1n) is 7.17. The highest BCUT2D eigenvalue weighted by molar-refractivity contribution is 5.97. The molecule has 0 aromatic heterocycles. The van der Waals surface area contributed by atoms with E-state index in [0.717, 1.165) is 18.4 Å². The standard InChI is InChI=1S/C17H24FNO2/c1-13(11-14-5-7-15(18)8-6-14)16(21)19-10-4-9-17(2,3)12-20/h5-8,11,20H,4,9-10,12H2,1-3H3,(H,19,21)/b13-11-. The molecule has 0 aliphatic rings. The van der Waals surface area contributed by atoms with Gasteiger partial charge in [0, 0.05) is 18.7 Å². The van der Waals surface area contributed by atoms with Crippen LogP contribution in [0.15, 0.2) is 29.8 Å². The maximum atomic E-state index is 12.8. The average molecular weight is 293 g/mol. The molecule has 1 aromatic rings. The van der Waals surface area contributed by atoms with Crippen LogP contribution in [-0.4, -0.2) is 24.2 Å². The first-order chi connectivity index (χ1) is 9.84. The second kappa shape index (κ2) is 7.93. The molecule has 0 radical (unpaired) electrons. The van der Waals surface area contributed by atoms with Crippen LogP contribution in [0.1, 0.15) is 39.2 Å². The molecular weight excluding hydrogens is 269 g/mol. The van der Waals surface area contributed by atoms with Crippen LogP contribution in [0.4, 0.5) is 4.39 Å². The molecule has 0 heterocycles. The Morgan fingerprint density at radius 2 is 1.95 bits per heavy atom. The molecule has 0 saturated carbocycles. The number of aliphatic hydroxyl groups is 1. The Kier molecular flexibility index (Phi) is 6.56. The molecule has 0 aliphatic carbocycles. The van der Waals surface area contributed by atoms with Gasteiger partial charge in [0.15, 0.2) is 0 Å². The van der Waals surface area contributed by atoms with Crippen LogP contribution in [0.25, 0.3) is 6.08 Å². The third-order valence-corrected chi connectivity index (χ3v) is 3.36. The highest BCUT2D eigenvalue weighted by Gasteiger charge is 2.15. The number of nitrogens with one attached hydrogen (secondary N) is 1. The zero-order valence-corrected chi connectivity index (χ0v) is 12.9. The molecule has 116 valence electrons. The molecule has 1 amide bonds. The van der Waals surface area contributed by atoms with Gasteiger partial charge in [0.2, 0.25) is 5.91 Å². The van der Waals surface area contributed by atoms with Crippen molar-refractivity contribution in [1.82, 2.24) is 5.32 Å². The van der Waals surface area contributed by atoms with Crippen molar-refractivity contribution in [3.63, 3.8) is 0 Å². The van der Waals surface area contributed by atoms with E-state index in [2.05, 4.69) is 5.32 Å². The maximum Gasteiger partial charge on any atom is 0.246 e. The van der Waals surface area contributed by atoms with Gasteiger partial charge >= 0.3 is 0 Å². The van der Waals surface area contributed by atoms with Gasteiger partial charge in [-0.2, -0.15) is 0 Å². The summed E-state index contributed by atoms with van der Waals surface area (Å²) in [4.78, 5) is 11.9. The van der Waals surface area contributed by atoms with Crippen LogP contribution in [-0.2, 0) is 4.79 Å². The van der Waals surface area contributed by atoms with Crippen molar-refractivity contribution in [2.24, 2.45) is 5.41 Å². The van der Waals surface area contributed by atoms with E-state index >= 15 is 0 Å². The predicted molar refractivity (Wildman–Crippen MR) is 83.2 cm³/mol. The van der Waals surface area contributed by atoms with Gasteiger partial charge in [0.25, 0.3) is 0 Å². The number of hydrogen-bond donors (Lipinski definition) is 2. The van der Waals surface area contributed by atoms with Gasteiger partial charge in [-0.1, -0.05) is 26.0 Å². The number of halogens is 1. The number of amides is 1. The molecule has 0 saturated heterocycles. The number of benzene rings is 1. The lowest BCUT2D eigenvalue weighted by Crippen LogP contribution is -2.26. The van der Waals surface area contributed by atoms with Crippen LogP contribution in [0.3, 0.4) is 0 Å². The van der Waals surface area contributed by atoms with E-state index in [1.165, 1.54) is 12.1 Å². The molecule has 0 spiro atoms. The number of hydrogen-bond acceptors (Lipinski definition) is 2. The Morgan fingerprint density at radius 1 is 1.33 bits per heavy atom. The van der Waals surface area contributed by atoms with E-state index in [1.807, 2.05) is 13.8 Å². The molecule has 4 heteroatoms. The second-order valence-electron chi connectivity index (χ2n) is 6.06. The van der Waals surface area contributed by atoms with Crippen molar-refractivity contribution in [2.45, 2.75) is 33.6 Å². The molecule has 1 rings (SSSR count). The fourth-order valence-corrected chi connectivity index (χ4v) is 1.86. The summed E-state index contributed by atoms with van der Waals surface area (Å²) in [5.74, 6) is -0.415. The van der Waals surface area contributed by atoms with Crippen LogP contribution < -0.4 is 5.32 Å². The van der Waals surface area contributed by atoms with Crippen LogP contribution in [0.5, 0.6) is 0 Å². The van der Waals surface area contributed by atoms with Gasteiger partial charge in [0.05, 0.1) is 0 Å². The quantitative estimate of drug-likeness (QED) is 0.599. The highest BCUT2D eigenvalue weighted by atomic mass is 19.1. The molecule has 0 bridgehead atoms. The Hall–Kier alpha value is -1.68. The number of carbonyl (C=O) groups excluding carboxylic acids is 1. The average Bonchev–Trinajstić information content (AvgIpc) is 2.45.